The van der Waals surface area contributed by atoms with E-state index in [1.807, 2.05) is 18.2 Å². The van der Waals surface area contributed by atoms with Gasteiger partial charge in [0, 0.05) is 14.1 Å². The third-order valence-electron chi connectivity index (χ3n) is 6.88. The molecular weight excluding hydrogens is 418 g/mol. The molecule has 0 amide bonds. The Kier molecular flexibility index (Phi) is 7.49. The Labute approximate surface area is 203 Å². The molecule has 4 aromatic rings. The summed E-state index contributed by atoms with van der Waals surface area (Å²) in [6.45, 7) is 4.48. The smallest absolute Gasteiger partial charge is 0.109 e. The zero-order chi connectivity index (χ0) is 24.1. The maximum absolute atomic E-state index is 10.1. The second-order valence-electron chi connectivity index (χ2n) is 9.10. The van der Waals surface area contributed by atoms with E-state index in [1.54, 1.807) is 0 Å². The second kappa shape index (κ2) is 10.7. The Morgan fingerprint density at radius 2 is 1.09 bits per heavy atom. The van der Waals surface area contributed by atoms with Crippen LogP contribution in [0, 0.1) is 0 Å². The van der Waals surface area contributed by atoms with Crippen LogP contribution in [0.3, 0.4) is 0 Å². The van der Waals surface area contributed by atoms with Gasteiger partial charge in [0.1, 0.15) is 5.36 Å². The Hall–Kier alpha value is -3.37. The number of aliphatic hydroxyl groups is 1. The van der Waals surface area contributed by atoms with E-state index in [0.29, 0.717) is 0 Å². The van der Waals surface area contributed by atoms with Crippen LogP contribution < -0.4 is 15.2 Å². The summed E-state index contributed by atoms with van der Waals surface area (Å²) in [5, 5.41) is 11.1. The number of aliphatic hydroxyl groups excluding tert-OH is 1. The zero-order valence-electron chi connectivity index (χ0n) is 20.6. The molecule has 34 heavy (non-hydrogen) atoms. The van der Waals surface area contributed by atoms with E-state index in [9.17, 15) is 5.11 Å². The summed E-state index contributed by atoms with van der Waals surface area (Å²) in [5.41, 5.74) is 6.04. The highest BCUT2D eigenvalue weighted by atomic mass is 16.3. The zero-order valence-corrected chi connectivity index (χ0v) is 20.6. The summed E-state index contributed by atoms with van der Waals surface area (Å²) < 4.78 is 0. The van der Waals surface area contributed by atoms with E-state index >= 15 is 0 Å². The van der Waals surface area contributed by atoms with Crippen LogP contribution in [-0.2, 0) is 6.42 Å². The highest BCUT2D eigenvalue weighted by Gasteiger charge is 2.32. The molecule has 0 spiro atoms. The van der Waals surface area contributed by atoms with E-state index in [-0.39, 0.29) is 24.7 Å². The number of rotatable bonds is 10. The average molecular weight is 454 g/mol. The molecule has 4 heteroatoms. The van der Waals surface area contributed by atoms with Crippen molar-refractivity contribution in [2.45, 2.75) is 38.4 Å². The lowest BCUT2D eigenvalue weighted by molar-refractivity contribution is 0.264. The molecule has 0 aromatic heterocycles. The van der Waals surface area contributed by atoms with E-state index in [1.165, 1.54) is 16.7 Å². The molecule has 0 radical (unpaired) electrons. The first-order chi connectivity index (χ1) is 16.5. The van der Waals surface area contributed by atoms with Crippen molar-refractivity contribution >= 4 is 11.4 Å². The molecule has 4 rings (SSSR count). The maximum Gasteiger partial charge on any atom is 0.109 e. The van der Waals surface area contributed by atoms with Crippen molar-refractivity contribution < 1.29 is 5.11 Å². The molecule has 1 N–H and O–H groups in total. The van der Waals surface area contributed by atoms with E-state index in [4.69, 9.17) is 4.99 Å². The van der Waals surface area contributed by atoms with Gasteiger partial charge in [0.25, 0.3) is 0 Å². The van der Waals surface area contributed by atoms with Crippen LogP contribution in [0.25, 0.3) is 0 Å². The maximum atomic E-state index is 10.1. The van der Waals surface area contributed by atoms with Gasteiger partial charge in [-0.1, -0.05) is 91.0 Å². The van der Waals surface area contributed by atoms with Gasteiger partial charge in [0.05, 0.1) is 36.1 Å². The topological polar surface area (TPSA) is 39.1 Å². The van der Waals surface area contributed by atoms with Gasteiger partial charge in [-0.3, -0.25) is 4.99 Å². The first-order valence-corrected chi connectivity index (χ1v) is 12.0. The first kappa shape index (κ1) is 23.8. The van der Waals surface area contributed by atoms with Gasteiger partial charge in [-0.05, 0) is 37.0 Å². The van der Waals surface area contributed by atoms with Crippen molar-refractivity contribution in [3.63, 3.8) is 0 Å². The van der Waals surface area contributed by atoms with Gasteiger partial charge >= 0.3 is 0 Å². The van der Waals surface area contributed by atoms with Crippen LogP contribution in [0.2, 0.25) is 0 Å². The van der Waals surface area contributed by atoms with Crippen molar-refractivity contribution in [1.29, 1.82) is 0 Å². The van der Waals surface area contributed by atoms with Crippen LogP contribution in [-0.4, -0.2) is 31.9 Å². The molecule has 0 aliphatic rings. The van der Waals surface area contributed by atoms with Gasteiger partial charge in [0.2, 0.25) is 0 Å². The number of benzene rings is 3. The molecule has 4 aromatic carbocycles. The van der Waals surface area contributed by atoms with E-state index in [0.717, 1.165) is 23.2 Å². The first-order valence-electron chi connectivity index (χ1n) is 12.0. The van der Waals surface area contributed by atoms with Gasteiger partial charge in [-0.15, -0.1) is 0 Å². The quantitative estimate of drug-likeness (QED) is 0.346. The summed E-state index contributed by atoms with van der Waals surface area (Å²) in [6, 6.07) is 31.6. The fraction of sp³-hybridized carbons (Fsp3) is 0.300. The SMILES string of the molecule is CC(c1ccccc1)N(C)c1c(N(C)[C@@H](C)c2ccccc2)/c1=N/C(CO)Cc1ccccc1. The van der Waals surface area contributed by atoms with Crippen LogP contribution >= 0.6 is 0 Å². The molecule has 4 nitrogen and oxygen atoms in total. The molecule has 0 fully saturated rings. The largest absolute Gasteiger partial charge is 0.394 e. The molecule has 0 saturated carbocycles. The van der Waals surface area contributed by atoms with Crippen molar-refractivity contribution in [2.24, 2.45) is 4.99 Å². The van der Waals surface area contributed by atoms with Crippen molar-refractivity contribution in [3.05, 3.63) is 113 Å². The number of hydrogen-bond acceptors (Lipinski definition) is 4. The predicted molar refractivity (Wildman–Crippen MR) is 142 cm³/mol. The number of nitrogens with zero attached hydrogens (tertiary/aromatic N) is 3. The van der Waals surface area contributed by atoms with Crippen molar-refractivity contribution in [3.8, 4) is 0 Å². The Morgan fingerprint density at radius 1 is 0.676 bits per heavy atom. The highest BCUT2D eigenvalue weighted by molar-refractivity contribution is 5.85. The lowest BCUT2D eigenvalue weighted by Crippen LogP contribution is -2.22. The Bertz CT molecular complexity index is 1110. The summed E-state index contributed by atoms with van der Waals surface area (Å²) in [7, 11) is 4.28. The fourth-order valence-corrected chi connectivity index (χ4v) is 4.47. The van der Waals surface area contributed by atoms with E-state index in [2.05, 4.69) is 111 Å². The van der Waals surface area contributed by atoms with Crippen molar-refractivity contribution in [1.82, 2.24) is 0 Å². The Morgan fingerprint density at radius 3 is 1.50 bits per heavy atom. The predicted octanol–water partition coefficient (Wildman–Crippen LogP) is 5.46. The van der Waals surface area contributed by atoms with Crippen LogP contribution in [0.15, 0.2) is 96.0 Å². The molecular formula is C30H35N3O. The minimum Gasteiger partial charge on any atom is -0.394 e. The molecule has 0 aliphatic heterocycles. The molecule has 0 aliphatic carbocycles. The van der Waals surface area contributed by atoms with E-state index < -0.39 is 0 Å². The van der Waals surface area contributed by atoms with Gasteiger partial charge in [0.15, 0.2) is 0 Å². The summed E-state index contributed by atoms with van der Waals surface area (Å²) in [5.74, 6) is 0. The monoisotopic (exact) mass is 453 g/mol. The molecule has 0 heterocycles. The second-order valence-corrected chi connectivity index (χ2v) is 9.10. The van der Waals surface area contributed by atoms with Crippen LogP contribution in [0.4, 0.5) is 11.4 Å². The average Bonchev–Trinajstić information content (AvgIpc) is 3.61. The third-order valence-corrected chi connectivity index (χ3v) is 6.88. The van der Waals surface area contributed by atoms with Gasteiger partial charge in [-0.2, -0.15) is 0 Å². The molecule has 176 valence electrons. The molecule has 3 atom stereocenters. The minimum absolute atomic E-state index is 0.0227. The minimum atomic E-state index is -0.175. The summed E-state index contributed by atoms with van der Waals surface area (Å²) >= 11 is 0. The molecule has 2 unspecified atom stereocenters. The molecule has 0 saturated heterocycles. The molecule has 0 bridgehead atoms. The number of anilines is 2. The van der Waals surface area contributed by atoms with Crippen LogP contribution in [0.5, 0.6) is 0 Å². The summed E-state index contributed by atoms with van der Waals surface area (Å²) in [6.07, 6.45) is 0.720. The normalized spacial score (nSPS) is 14.7. The highest BCUT2D eigenvalue weighted by Crippen LogP contribution is 2.39. The van der Waals surface area contributed by atoms with Gasteiger partial charge < -0.3 is 14.9 Å². The third kappa shape index (κ3) is 5.23. The summed E-state index contributed by atoms with van der Waals surface area (Å²) in [4.78, 5) is 9.70. The fourth-order valence-electron chi connectivity index (χ4n) is 4.47. The van der Waals surface area contributed by atoms with Gasteiger partial charge in [-0.25, -0.2) is 0 Å². The van der Waals surface area contributed by atoms with Crippen molar-refractivity contribution in [2.75, 3.05) is 30.5 Å². The lowest BCUT2D eigenvalue weighted by atomic mass is 10.1. The standard InChI is InChI=1S/C30H35N3O/c1-22(25-16-10-6-11-17-25)32(3)29-28(31-27(21-34)20-24-14-8-5-9-15-24)30(29)33(4)23(2)26-18-12-7-13-19-26/h5-19,22-23,27,34H,20-21H2,1-4H3/b31-28-/t22-,23?,27?/m0/s1. The lowest BCUT2D eigenvalue weighted by Gasteiger charge is -2.27. The number of hydrogen-bond donors (Lipinski definition) is 1. The Balaban J connectivity index is 1.67. The van der Waals surface area contributed by atoms with Crippen LogP contribution in [0.1, 0.15) is 42.6 Å².